The van der Waals surface area contributed by atoms with Crippen molar-refractivity contribution in [2.45, 2.75) is 77.0 Å². The van der Waals surface area contributed by atoms with Crippen LogP contribution in [0.3, 0.4) is 0 Å². The molecule has 2 aliphatic carbocycles. The monoisotopic (exact) mass is 1040 g/mol. The minimum atomic E-state index is 0.00163. The van der Waals surface area contributed by atoms with Gasteiger partial charge >= 0.3 is 0 Å². The number of nitrogens with one attached hydrogen (secondary N) is 2. The van der Waals surface area contributed by atoms with Crippen molar-refractivity contribution in [2.75, 3.05) is 10.6 Å². The van der Waals surface area contributed by atoms with Crippen molar-refractivity contribution >= 4 is 113 Å². The molecule has 2 atom stereocenters. The lowest BCUT2D eigenvalue weighted by atomic mass is 9.73. The van der Waals surface area contributed by atoms with Gasteiger partial charge in [0.1, 0.15) is 0 Å². The third-order valence-corrected chi connectivity index (χ3v) is 14.2. The molecule has 4 aromatic carbocycles. The molecule has 2 heterocycles. The third kappa shape index (κ3) is 10.7. The van der Waals surface area contributed by atoms with Crippen molar-refractivity contribution < 1.29 is 9.59 Å². The average Bonchev–Trinajstić information content (AvgIpc) is 3.24. The number of nitrogens with zero attached hydrogens (tertiary/aromatic N) is 2. The first kappa shape index (κ1) is 42.8. The van der Waals surface area contributed by atoms with E-state index in [1.165, 1.54) is 29.0 Å². The van der Waals surface area contributed by atoms with Crippen LogP contribution in [0.4, 0.5) is 11.4 Å². The largest absolute Gasteiger partial charge is 0.326 e. The minimum Gasteiger partial charge on any atom is -0.326 e. The van der Waals surface area contributed by atoms with E-state index in [-0.39, 0.29) is 23.7 Å². The summed E-state index contributed by atoms with van der Waals surface area (Å²) in [5.74, 6) is 2.13. The number of fused-ring (bicyclic) bond motifs is 2. The molecule has 2 aromatic heterocycles. The van der Waals surface area contributed by atoms with Crippen molar-refractivity contribution in [2.24, 2.45) is 23.7 Å². The number of aromatic nitrogens is 2. The molecule has 0 aliphatic heterocycles. The molecule has 8 rings (SSSR count). The molecule has 2 aliphatic rings. The zero-order valence-corrected chi connectivity index (χ0v) is 38.6. The normalized spacial score (nSPS) is 20.4. The lowest BCUT2D eigenvalue weighted by molar-refractivity contribution is -0.122. The van der Waals surface area contributed by atoms with Gasteiger partial charge in [-0.25, -0.2) is 0 Å². The maximum Gasteiger partial charge on any atom is 0.227 e. The SMILES string of the molecule is CC(C(=O)Nc1ccc(Cl)cc1)C1CCC(c2ccnc3ccc(I)cc23)CC1.CC(C(=O)Nc1ccc(Cl)cc1)C1CCC(c2ccnc3ccc(I)cc23)CC1. The highest BCUT2D eigenvalue weighted by atomic mass is 127. The molecule has 2 saturated carbocycles. The highest BCUT2D eigenvalue weighted by molar-refractivity contribution is 14.1. The fraction of sp³-hybridized carbons (Fsp3) is 0.333. The van der Waals surface area contributed by atoms with Crippen LogP contribution in [0.1, 0.15) is 88.2 Å². The summed E-state index contributed by atoms with van der Waals surface area (Å²) in [7, 11) is 0. The summed E-state index contributed by atoms with van der Waals surface area (Å²) in [5, 5.41) is 9.96. The Balaban J connectivity index is 0.000000177. The smallest absolute Gasteiger partial charge is 0.227 e. The first-order valence-corrected chi connectivity index (χ1v) is 23.1. The van der Waals surface area contributed by atoms with Gasteiger partial charge in [-0.05, 0) is 228 Å². The van der Waals surface area contributed by atoms with Gasteiger partial charge in [-0.15, -0.1) is 0 Å². The Kier molecular flexibility index (Phi) is 14.6. The molecule has 2 N–H and O–H groups in total. The van der Waals surface area contributed by atoms with Gasteiger partial charge in [-0.1, -0.05) is 37.0 Å². The molecule has 300 valence electrons. The van der Waals surface area contributed by atoms with Crippen molar-refractivity contribution in [1.82, 2.24) is 9.97 Å². The van der Waals surface area contributed by atoms with Gasteiger partial charge in [0.25, 0.3) is 0 Å². The highest BCUT2D eigenvalue weighted by Gasteiger charge is 2.32. The summed E-state index contributed by atoms with van der Waals surface area (Å²) in [6, 6.07) is 31.9. The summed E-state index contributed by atoms with van der Waals surface area (Å²) in [5.41, 5.74) is 6.56. The van der Waals surface area contributed by atoms with Crippen molar-refractivity contribution in [3.05, 3.63) is 138 Å². The Labute approximate surface area is 379 Å². The molecule has 6 aromatic rings. The maximum atomic E-state index is 12.7. The molecule has 0 radical (unpaired) electrons. The zero-order chi connectivity index (χ0) is 40.8. The predicted octanol–water partition coefficient (Wildman–Crippen LogP) is 14.1. The molecule has 2 amide bonds. The number of hydrogen-bond donors (Lipinski definition) is 2. The number of rotatable bonds is 8. The number of halogens is 4. The molecular formula is C48H48Cl2I2N4O2. The van der Waals surface area contributed by atoms with Gasteiger partial charge in [0.05, 0.1) is 11.0 Å². The number of carbonyl (C=O) groups is 2. The van der Waals surface area contributed by atoms with E-state index in [1.807, 2.05) is 36.7 Å². The van der Waals surface area contributed by atoms with Crippen molar-refractivity contribution in [3.63, 3.8) is 0 Å². The molecule has 0 bridgehead atoms. The Morgan fingerprint density at radius 3 is 1.28 bits per heavy atom. The summed E-state index contributed by atoms with van der Waals surface area (Å²) < 4.78 is 2.48. The van der Waals surface area contributed by atoms with Gasteiger partial charge in [-0.2, -0.15) is 0 Å². The Hall–Kier alpha value is -3.32. The standard InChI is InChI=1S/2C24H24ClIN2O/c2*1-15(24(29)28-20-9-6-18(25)7-10-20)16-2-4-17(5-3-16)21-12-13-27-23-11-8-19(26)14-22(21)23/h2*6-17H,2-5H2,1H3,(H,28,29). The van der Waals surface area contributed by atoms with E-state index in [2.05, 4.69) is 128 Å². The van der Waals surface area contributed by atoms with Crippen LogP contribution >= 0.6 is 68.4 Å². The van der Waals surface area contributed by atoms with Gasteiger partial charge in [-0.3, -0.25) is 19.6 Å². The van der Waals surface area contributed by atoms with E-state index in [0.29, 0.717) is 33.7 Å². The first-order chi connectivity index (χ1) is 28.0. The second-order valence-electron chi connectivity index (χ2n) is 15.9. The van der Waals surface area contributed by atoms with Crippen molar-refractivity contribution in [1.29, 1.82) is 0 Å². The van der Waals surface area contributed by atoms with Crippen LogP contribution < -0.4 is 10.6 Å². The second-order valence-corrected chi connectivity index (χ2v) is 19.3. The summed E-state index contributed by atoms with van der Waals surface area (Å²) >= 11 is 16.6. The van der Waals surface area contributed by atoms with Crippen LogP contribution in [0, 0.1) is 30.8 Å². The maximum absolute atomic E-state index is 12.7. The highest BCUT2D eigenvalue weighted by Crippen LogP contribution is 2.42. The lowest BCUT2D eigenvalue weighted by Crippen LogP contribution is -2.29. The van der Waals surface area contributed by atoms with E-state index in [9.17, 15) is 9.59 Å². The average molecular weight is 1040 g/mol. The fourth-order valence-electron chi connectivity index (χ4n) is 8.86. The van der Waals surface area contributed by atoms with E-state index in [4.69, 9.17) is 23.2 Å². The Morgan fingerprint density at radius 1 is 0.552 bits per heavy atom. The predicted molar refractivity (Wildman–Crippen MR) is 257 cm³/mol. The molecule has 0 saturated heterocycles. The molecular weight excluding hydrogens is 989 g/mol. The molecule has 58 heavy (non-hydrogen) atoms. The summed E-state index contributed by atoms with van der Waals surface area (Å²) in [4.78, 5) is 34.5. The Bertz CT molecular complexity index is 2190. The van der Waals surface area contributed by atoms with E-state index in [1.54, 1.807) is 24.3 Å². The number of hydrogen-bond acceptors (Lipinski definition) is 4. The van der Waals surface area contributed by atoms with Crippen LogP contribution in [0.5, 0.6) is 0 Å². The van der Waals surface area contributed by atoms with Crippen LogP contribution in [-0.4, -0.2) is 21.8 Å². The fourth-order valence-corrected chi connectivity index (χ4v) is 10.1. The van der Waals surface area contributed by atoms with Crippen LogP contribution in [-0.2, 0) is 9.59 Å². The minimum absolute atomic E-state index is 0.00163. The summed E-state index contributed by atoms with van der Waals surface area (Å²) in [6.45, 7) is 4.11. The van der Waals surface area contributed by atoms with E-state index >= 15 is 0 Å². The quantitative estimate of drug-likeness (QED) is 0.149. The number of pyridine rings is 2. The molecule has 6 nitrogen and oxygen atoms in total. The van der Waals surface area contributed by atoms with Gasteiger partial charge in [0.15, 0.2) is 0 Å². The number of benzene rings is 4. The lowest BCUT2D eigenvalue weighted by Gasteiger charge is -2.32. The first-order valence-electron chi connectivity index (χ1n) is 20.2. The second kappa shape index (κ2) is 19.8. The molecule has 10 heteroatoms. The van der Waals surface area contributed by atoms with Gasteiger partial charge < -0.3 is 10.6 Å². The molecule has 2 fully saturated rings. The number of carbonyl (C=O) groups excluding carboxylic acids is 2. The summed E-state index contributed by atoms with van der Waals surface area (Å²) in [6.07, 6.45) is 12.6. The van der Waals surface area contributed by atoms with Gasteiger partial charge in [0, 0.05) is 63.6 Å². The van der Waals surface area contributed by atoms with Gasteiger partial charge in [0.2, 0.25) is 11.8 Å². The van der Waals surface area contributed by atoms with E-state index in [0.717, 1.165) is 73.8 Å². The molecule has 2 unspecified atom stereocenters. The third-order valence-electron chi connectivity index (χ3n) is 12.4. The molecule has 0 spiro atoms. The van der Waals surface area contributed by atoms with E-state index < -0.39 is 0 Å². The van der Waals surface area contributed by atoms with Crippen LogP contribution in [0.25, 0.3) is 21.8 Å². The Morgan fingerprint density at radius 2 is 0.914 bits per heavy atom. The zero-order valence-electron chi connectivity index (χ0n) is 32.7. The van der Waals surface area contributed by atoms with Crippen molar-refractivity contribution in [3.8, 4) is 0 Å². The van der Waals surface area contributed by atoms with Crippen LogP contribution in [0.2, 0.25) is 10.0 Å². The topological polar surface area (TPSA) is 84.0 Å². The number of amides is 2. The number of anilines is 2. The van der Waals surface area contributed by atoms with Crippen LogP contribution in [0.15, 0.2) is 109 Å².